The van der Waals surface area contributed by atoms with Crippen molar-refractivity contribution in [1.29, 1.82) is 0 Å². The van der Waals surface area contributed by atoms with E-state index in [1.54, 1.807) is 6.92 Å². The first-order valence-electron chi connectivity index (χ1n) is 8.10. The molecular formula is C16H20F3N4O3+. The van der Waals surface area contributed by atoms with Crippen molar-refractivity contribution in [3.8, 4) is 0 Å². The summed E-state index contributed by atoms with van der Waals surface area (Å²) in [6.45, 7) is 2.49. The number of para-hydroxylation sites is 1. The second-order valence-corrected chi connectivity index (χ2v) is 5.83. The van der Waals surface area contributed by atoms with Gasteiger partial charge in [-0.25, -0.2) is 4.79 Å². The first kappa shape index (κ1) is 19.7. The lowest BCUT2D eigenvalue weighted by Crippen LogP contribution is -3.14. The highest BCUT2D eigenvalue weighted by atomic mass is 19.4. The van der Waals surface area contributed by atoms with E-state index in [1.807, 2.05) is 0 Å². The molecule has 3 N–H and O–H groups in total. The minimum atomic E-state index is -4.58. The molecule has 0 bridgehead atoms. The van der Waals surface area contributed by atoms with Crippen LogP contribution in [0, 0.1) is 0 Å². The Hall–Kier alpha value is -2.62. The number of carbonyl (C=O) groups is 3. The van der Waals surface area contributed by atoms with Gasteiger partial charge in [-0.05, 0) is 19.1 Å². The lowest BCUT2D eigenvalue weighted by molar-refractivity contribution is -0.881. The Morgan fingerprint density at radius 3 is 2.54 bits per heavy atom. The van der Waals surface area contributed by atoms with Gasteiger partial charge < -0.3 is 15.5 Å². The van der Waals surface area contributed by atoms with Crippen LogP contribution in [0.3, 0.4) is 0 Å². The summed E-state index contributed by atoms with van der Waals surface area (Å²) >= 11 is 0. The summed E-state index contributed by atoms with van der Waals surface area (Å²) in [5.74, 6) is -1.07. The van der Waals surface area contributed by atoms with E-state index in [0.717, 1.165) is 11.0 Å². The molecule has 10 heteroatoms. The predicted octanol–water partition coefficient (Wildman–Crippen LogP) is 0.101. The summed E-state index contributed by atoms with van der Waals surface area (Å²) in [6.07, 6.45) is -4.58. The van der Waals surface area contributed by atoms with Crippen molar-refractivity contribution in [2.75, 3.05) is 38.0 Å². The van der Waals surface area contributed by atoms with E-state index in [4.69, 9.17) is 0 Å². The highest BCUT2D eigenvalue weighted by Gasteiger charge is 2.34. The molecule has 0 aromatic heterocycles. The fourth-order valence-corrected chi connectivity index (χ4v) is 2.59. The number of anilines is 1. The maximum absolute atomic E-state index is 13.0. The first-order chi connectivity index (χ1) is 12.2. The molecule has 1 aliphatic heterocycles. The number of likely N-dealkylation sites (N-methyl/N-ethyl adjacent to an activating group) is 1. The predicted molar refractivity (Wildman–Crippen MR) is 86.4 cm³/mol. The monoisotopic (exact) mass is 373 g/mol. The molecule has 7 nitrogen and oxygen atoms in total. The van der Waals surface area contributed by atoms with Crippen LogP contribution in [0.5, 0.6) is 0 Å². The summed E-state index contributed by atoms with van der Waals surface area (Å²) in [5.41, 5.74) is -1.26. The number of nitrogens with one attached hydrogen (secondary N) is 3. The Morgan fingerprint density at radius 1 is 1.27 bits per heavy atom. The molecule has 1 heterocycles. The van der Waals surface area contributed by atoms with Crippen LogP contribution < -0.4 is 15.5 Å². The van der Waals surface area contributed by atoms with Crippen LogP contribution in [0.15, 0.2) is 24.3 Å². The van der Waals surface area contributed by atoms with Crippen LogP contribution in [0.4, 0.5) is 23.7 Å². The largest absolute Gasteiger partial charge is 0.418 e. The fraction of sp³-hybridized carbons (Fsp3) is 0.438. The van der Waals surface area contributed by atoms with Gasteiger partial charge in [-0.1, -0.05) is 12.1 Å². The molecule has 1 unspecified atom stereocenters. The van der Waals surface area contributed by atoms with E-state index in [1.165, 1.54) is 18.2 Å². The van der Waals surface area contributed by atoms with Gasteiger partial charge in [0, 0.05) is 13.1 Å². The average Bonchev–Trinajstić information content (AvgIpc) is 2.99. The van der Waals surface area contributed by atoms with Gasteiger partial charge in [0.15, 0.2) is 13.1 Å². The molecule has 2 rings (SSSR count). The van der Waals surface area contributed by atoms with Gasteiger partial charge in [0.2, 0.25) is 0 Å². The molecule has 0 radical (unpaired) electrons. The van der Waals surface area contributed by atoms with Crippen molar-refractivity contribution in [2.24, 2.45) is 0 Å². The minimum absolute atomic E-state index is 0.0990. The maximum Gasteiger partial charge on any atom is 0.418 e. The fourth-order valence-electron chi connectivity index (χ4n) is 2.59. The number of hydrogen-bond acceptors (Lipinski definition) is 3. The van der Waals surface area contributed by atoms with Crippen molar-refractivity contribution in [2.45, 2.75) is 13.1 Å². The van der Waals surface area contributed by atoms with Gasteiger partial charge in [0.25, 0.3) is 11.8 Å². The highest BCUT2D eigenvalue weighted by molar-refractivity contribution is 5.96. The van der Waals surface area contributed by atoms with Gasteiger partial charge in [0.05, 0.1) is 17.8 Å². The number of nitrogens with zero attached hydrogens (tertiary/aromatic N) is 1. The molecule has 1 atom stereocenters. The van der Waals surface area contributed by atoms with E-state index >= 15 is 0 Å². The van der Waals surface area contributed by atoms with Gasteiger partial charge in [0.1, 0.15) is 0 Å². The highest BCUT2D eigenvalue weighted by Crippen LogP contribution is 2.34. The lowest BCUT2D eigenvalue weighted by atomic mass is 10.1. The smallest absolute Gasteiger partial charge is 0.336 e. The molecule has 26 heavy (non-hydrogen) atoms. The van der Waals surface area contributed by atoms with Crippen LogP contribution in [0.2, 0.25) is 0 Å². The second kappa shape index (κ2) is 8.17. The van der Waals surface area contributed by atoms with E-state index in [9.17, 15) is 27.6 Å². The molecule has 1 fully saturated rings. The molecule has 1 aliphatic rings. The molecule has 142 valence electrons. The summed E-state index contributed by atoms with van der Waals surface area (Å²) in [7, 11) is 0. The first-order valence-corrected chi connectivity index (χ1v) is 8.10. The number of urea groups is 1. The van der Waals surface area contributed by atoms with E-state index in [2.05, 4.69) is 10.6 Å². The normalized spacial score (nSPS) is 15.5. The SMILES string of the molecule is CC[NH+](CC(=O)Nc1ccccc1C(F)(F)F)CC(=O)N1CCNC1=O. The van der Waals surface area contributed by atoms with Crippen LogP contribution in [-0.2, 0) is 15.8 Å². The molecule has 1 aromatic carbocycles. The van der Waals surface area contributed by atoms with Crippen molar-refractivity contribution in [3.63, 3.8) is 0 Å². The van der Waals surface area contributed by atoms with Crippen molar-refractivity contribution < 1.29 is 32.5 Å². The maximum atomic E-state index is 13.0. The number of imide groups is 1. The third kappa shape index (κ3) is 4.94. The average molecular weight is 373 g/mol. The number of benzene rings is 1. The van der Waals surface area contributed by atoms with Gasteiger partial charge in [-0.3, -0.25) is 14.5 Å². The number of halogens is 3. The molecule has 1 aromatic rings. The molecule has 0 saturated carbocycles. The van der Waals surface area contributed by atoms with Crippen LogP contribution in [0.25, 0.3) is 0 Å². The van der Waals surface area contributed by atoms with Crippen molar-refractivity contribution >= 4 is 23.5 Å². The number of hydrogen-bond donors (Lipinski definition) is 3. The topological polar surface area (TPSA) is 82.9 Å². The lowest BCUT2D eigenvalue weighted by Gasteiger charge is -2.20. The van der Waals surface area contributed by atoms with E-state index in [0.29, 0.717) is 18.0 Å². The van der Waals surface area contributed by atoms with Crippen LogP contribution >= 0.6 is 0 Å². The molecular weight excluding hydrogens is 353 g/mol. The van der Waals surface area contributed by atoms with Crippen molar-refractivity contribution in [3.05, 3.63) is 29.8 Å². The van der Waals surface area contributed by atoms with Gasteiger partial charge in [-0.2, -0.15) is 13.2 Å². The number of amides is 4. The quantitative estimate of drug-likeness (QED) is 0.662. The second-order valence-electron chi connectivity index (χ2n) is 5.83. The molecule has 0 spiro atoms. The number of rotatable bonds is 6. The summed E-state index contributed by atoms with van der Waals surface area (Å²) in [4.78, 5) is 37.3. The zero-order valence-corrected chi connectivity index (χ0v) is 14.2. The van der Waals surface area contributed by atoms with Crippen LogP contribution in [0.1, 0.15) is 12.5 Å². The molecule has 0 aliphatic carbocycles. The Balaban J connectivity index is 1.97. The van der Waals surface area contributed by atoms with E-state index in [-0.39, 0.29) is 25.3 Å². The summed E-state index contributed by atoms with van der Waals surface area (Å²) < 4.78 is 38.9. The van der Waals surface area contributed by atoms with Crippen LogP contribution in [-0.4, -0.2) is 55.5 Å². The standard InChI is InChI=1S/C16H19F3N4O3/c1-2-22(10-14(25)23-8-7-20-15(23)26)9-13(24)21-12-6-4-3-5-11(12)16(17,18)19/h3-6H,2,7-10H2,1H3,(H,20,26)(H,21,24)/p+1. The van der Waals surface area contributed by atoms with E-state index < -0.39 is 29.6 Å². The number of alkyl halides is 3. The Bertz CT molecular complexity index is 694. The third-order valence-electron chi connectivity index (χ3n) is 3.98. The Labute approximate surface area is 148 Å². The Kier molecular flexibility index (Phi) is 6.19. The molecule has 1 saturated heterocycles. The van der Waals surface area contributed by atoms with Gasteiger partial charge in [-0.15, -0.1) is 0 Å². The minimum Gasteiger partial charge on any atom is -0.336 e. The molecule has 4 amide bonds. The number of carbonyl (C=O) groups excluding carboxylic acids is 3. The zero-order chi connectivity index (χ0) is 19.3. The summed E-state index contributed by atoms with van der Waals surface area (Å²) in [5, 5.41) is 4.76. The van der Waals surface area contributed by atoms with Gasteiger partial charge >= 0.3 is 12.2 Å². The summed E-state index contributed by atoms with van der Waals surface area (Å²) in [6, 6.07) is 4.21. The van der Waals surface area contributed by atoms with Crippen molar-refractivity contribution in [1.82, 2.24) is 10.2 Å². The number of quaternary nitrogens is 1. The third-order valence-corrected chi connectivity index (χ3v) is 3.98. The Morgan fingerprint density at radius 2 is 1.96 bits per heavy atom. The zero-order valence-electron chi connectivity index (χ0n) is 14.2.